The molecule has 0 atom stereocenters. The van der Waals surface area contributed by atoms with Gasteiger partial charge in [-0.2, -0.15) is 0 Å². The molecule has 3 aromatic rings. The molecule has 0 unspecified atom stereocenters. The zero-order chi connectivity index (χ0) is 16.8. The summed E-state index contributed by atoms with van der Waals surface area (Å²) in [5.74, 6) is 0.692. The highest BCUT2D eigenvalue weighted by Crippen LogP contribution is 2.28. The van der Waals surface area contributed by atoms with E-state index in [1.165, 1.54) is 6.34 Å². The molecule has 0 radical (unpaired) electrons. The van der Waals surface area contributed by atoms with Crippen molar-refractivity contribution in [3.63, 3.8) is 0 Å². The van der Waals surface area contributed by atoms with Gasteiger partial charge in [-0.15, -0.1) is 0 Å². The highest BCUT2D eigenvalue weighted by Gasteiger charge is 2.01. The van der Waals surface area contributed by atoms with Gasteiger partial charge in [0.05, 0.1) is 17.5 Å². The third-order valence-corrected chi connectivity index (χ3v) is 3.48. The first kappa shape index (κ1) is 17.0. The van der Waals surface area contributed by atoms with Crippen LogP contribution in [0.1, 0.15) is 11.4 Å². The molecule has 0 saturated heterocycles. The van der Waals surface area contributed by atoms with E-state index >= 15 is 0 Å². The van der Waals surface area contributed by atoms with Crippen molar-refractivity contribution >= 4 is 44.8 Å². The minimum atomic E-state index is 0.692. The zero-order valence-corrected chi connectivity index (χ0v) is 14.8. The minimum absolute atomic E-state index is 0.692. The second-order valence-electron chi connectivity index (χ2n) is 4.87. The van der Waals surface area contributed by atoms with Crippen LogP contribution in [-0.2, 0) is 0 Å². The van der Waals surface area contributed by atoms with Crippen molar-refractivity contribution in [2.45, 2.75) is 13.8 Å². The quantitative estimate of drug-likeness (QED) is 0.471. The van der Waals surface area contributed by atoms with Gasteiger partial charge in [-0.05, 0) is 38.1 Å². The number of nitrogens with two attached hydrogens (primary N) is 1. The molecule has 23 heavy (non-hydrogen) atoms. The Labute approximate surface area is 143 Å². The van der Waals surface area contributed by atoms with E-state index in [1.807, 2.05) is 51.4 Å². The van der Waals surface area contributed by atoms with E-state index in [2.05, 4.69) is 41.2 Å². The van der Waals surface area contributed by atoms with Gasteiger partial charge < -0.3 is 16.0 Å². The number of benzene rings is 1. The molecule has 3 rings (SSSR count). The van der Waals surface area contributed by atoms with Crippen LogP contribution in [0.4, 0.5) is 11.6 Å². The molecule has 1 aromatic carbocycles. The van der Waals surface area contributed by atoms with E-state index in [4.69, 9.17) is 5.73 Å². The third-order valence-electron chi connectivity index (χ3n) is 3.02. The number of nitrogens with zero attached hydrogens (tertiary/aromatic N) is 3. The number of rotatable bonds is 2. The molecule has 0 amide bonds. The maximum absolute atomic E-state index is 5.25. The molecule has 6 nitrogen and oxygen atoms in total. The molecule has 2 aromatic heterocycles. The van der Waals surface area contributed by atoms with Gasteiger partial charge in [-0.25, -0.2) is 15.0 Å². The summed E-state index contributed by atoms with van der Waals surface area (Å²) < 4.78 is 1.00. The smallest absolute Gasteiger partial charge is 0.222 e. The van der Waals surface area contributed by atoms with Crippen molar-refractivity contribution in [2.75, 3.05) is 12.4 Å². The fourth-order valence-corrected chi connectivity index (χ4v) is 2.60. The molecular weight excluding hydrogens is 356 g/mol. The van der Waals surface area contributed by atoms with Crippen LogP contribution in [0.2, 0.25) is 0 Å². The lowest BCUT2D eigenvalue weighted by atomic mass is 10.2. The lowest BCUT2D eigenvalue weighted by Crippen LogP contribution is -1.98. The number of hydrogen-bond acceptors (Lipinski definition) is 4. The predicted octanol–water partition coefficient (Wildman–Crippen LogP) is 3.68. The standard InChI is InChI=1S/C9H8BrN3.C7H11N3/c10-7-3-6-1-2-12-9(6)8(4-7)13-5-11;1-5-4-6(2)10-7(8-3)9-5/h1-5,12H,(H2,11,13);4H,1-3H3,(H,8,9,10). The Kier molecular flexibility index (Phi) is 5.70. The number of aromatic amines is 1. The first-order chi connectivity index (χ1) is 11.0. The molecule has 0 aliphatic rings. The highest BCUT2D eigenvalue weighted by atomic mass is 79.9. The molecule has 120 valence electrons. The Hall–Kier alpha value is -2.41. The molecule has 0 bridgehead atoms. The molecule has 0 saturated carbocycles. The summed E-state index contributed by atoms with van der Waals surface area (Å²) in [5.41, 5.74) is 9.09. The monoisotopic (exact) mass is 374 g/mol. The zero-order valence-electron chi connectivity index (χ0n) is 13.3. The van der Waals surface area contributed by atoms with Gasteiger partial charge in [-0.1, -0.05) is 15.9 Å². The number of hydrogen-bond donors (Lipinski definition) is 3. The van der Waals surface area contributed by atoms with Crippen LogP contribution >= 0.6 is 15.9 Å². The molecule has 0 spiro atoms. The average molecular weight is 375 g/mol. The van der Waals surface area contributed by atoms with Gasteiger partial charge >= 0.3 is 0 Å². The Morgan fingerprint density at radius 1 is 1.22 bits per heavy atom. The van der Waals surface area contributed by atoms with Crippen molar-refractivity contribution in [1.82, 2.24) is 15.0 Å². The molecule has 4 N–H and O–H groups in total. The number of aromatic nitrogens is 3. The van der Waals surface area contributed by atoms with E-state index in [0.29, 0.717) is 5.95 Å². The normalized spacial score (nSPS) is 10.6. The lowest BCUT2D eigenvalue weighted by Gasteiger charge is -1.99. The SMILES string of the molecule is CNc1nc(C)cc(C)n1.NC=Nc1cc(Br)cc2cc[nH]c12. The minimum Gasteiger partial charge on any atom is -0.390 e. The molecular formula is C16H19BrN6. The van der Waals surface area contributed by atoms with Crippen molar-refractivity contribution in [3.8, 4) is 0 Å². The van der Waals surface area contributed by atoms with Crippen LogP contribution in [0.25, 0.3) is 10.9 Å². The number of aryl methyl sites for hydroxylation is 2. The Balaban J connectivity index is 0.000000174. The fourth-order valence-electron chi connectivity index (χ4n) is 2.14. The van der Waals surface area contributed by atoms with E-state index in [9.17, 15) is 0 Å². The van der Waals surface area contributed by atoms with E-state index in [1.54, 1.807) is 0 Å². The van der Waals surface area contributed by atoms with E-state index in [-0.39, 0.29) is 0 Å². The van der Waals surface area contributed by atoms with Gasteiger partial charge in [0, 0.05) is 34.5 Å². The summed E-state index contributed by atoms with van der Waals surface area (Å²) in [6, 6.07) is 7.89. The Bertz CT molecular complexity index is 804. The van der Waals surface area contributed by atoms with Gasteiger partial charge in [-0.3, -0.25) is 0 Å². The van der Waals surface area contributed by atoms with Gasteiger partial charge in [0.15, 0.2) is 0 Å². The summed E-state index contributed by atoms with van der Waals surface area (Å²) in [4.78, 5) is 15.4. The summed E-state index contributed by atoms with van der Waals surface area (Å²) in [6.07, 6.45) is 3.18. The van der Waals surface area contributed by atoms with E-state index < -0.39 is 0 Å². The summed E-state index contributed by atoms with van der Waals surface area (Å²) >= 11 is 3.41. The Morgan fingerprint density at radius 3 is 2.52 bits per heavy atom. The number of H-pyrrole nitrogens is 1. The molecule has 0 aliphatic carbocycles. The number of halogens is 1. The number of nitrogens with one attached hydrogen (secondary N) is 2. The van der Waals surface area contributed by atoms with Crippen LogP contribution in [0.15, 0.2) is 39.9 Å². The summed E-state index contributed by atoms with van der Waals surface area (Å²) in [5, 5.41) is 4.01. The fraction of sp³-hybridized carbons (Fsp3) is 0.188. The van der Waals surface area contributed by atoms with Crippen molar-refractivity contribution in [1.29, 1.82) is 0 Å². The van der Waals surface area contributed by atoms with Crippen LogP contribution in [0.3, 0.4) is 0 Å². The molecule has 2 heterocycles. The van der Waals surface area contributed by atoms with Crippen molar-refractivity contribution < 1.29 is 0 Å². The maximum atomic E-state index is 5.25. The van der Waals surface area contributed by atoms with Crippen LogP contribution in [0, 0.1) is 13.8 Å². The number of anilines is 1. The second kappa shape index (κ2) is 7.73. The summed E-state index contributed by atoms with van der Waals surface area (Å²) in [6.45, 7) is 3.91. The first-order valence-electron chi connectivity index (χ1n) is 7.04. The first-order valence-corrected chi connectivity index (χ1v) is 7.83. The van der Waals surface area contributed by atoms with Crippen LogP contribution in [0.5, 0.6) is 0 Å². The maximum Gasteiger partial charge on any atom is 0.222 e. The van der Waals surface area contributed by atoms with Crippen LogP contribution in [-0.4, -0.2) is 28.3 Å². The topological polar surface area (TPSA) is 92.0 Å². The van der Waals surface area contributed by atoms with Crippen molar-refractivity contribution in [3.05, 3.63) is 46.3 Å². The molecule has 0 fully saturated rings. The van der Waals surface area contributed by atoms with Crippen LogP contribution < -0.4 is 11.1 Å². The average Bonchev–Trinajstić information content (AvgIpc) is 2.95. The largest absolute Gasteiger partial charge is 0.390 e. The van der Waals surface area contributed by atoms with Gasteiger partial charge in [0.2, 0.25) is 5.95 Å². The third kappa shape index (κ3) is 4.53. The highest BCUT2D eigenvalue weighted by molar-refractivity contribution is 9.10. The second-order valence-corrected chi connectivity index (χ2v) is 5.78. The van der Waals surface area contributed by atoms with Crippen molar-refractivity contribution in [2.24, 2.45) is 10.7 Å². The number of fused-ring (bicyclic) bond motifs is 1. The van der Waals surface area contributed by atoms with Gasteiger partial charge in [0.25, 0.3) is 0 Å². The Morgan fingerprint density at radius 2 is 1.91 bits per heavy atom. The lowest BCUT2D eigenvalue weighted by molar-refractivity contribution is 1.05. The molecule has 0 aliphatic heterocycles. The molecule has 7 heteroatoms. The predicted molar refractivity (Wildman–Crippen MR) is 99.4 cm³/mol. The van der Waals surface area contributed by atoms with E-state index in [0.717, 1.165) is 32.5 Å². The summed E-state index contributed by atoms with van der Waals surface area (Å²) in [7, 11) is 1.81. The number of aliphatic imine (C=N–C) groups is 1. The van der Waals surface area contributed by atoms with Gasteiger partial charge in [0.1, 0.15) is 0 Å².